The molecular weight excluding hydrogens is 358 g/mol. The molecule has 0 aliphatic heterocycles. The van der Waals surface area contributed by atoms with Gasteiger partial charge in [-0.2, -0.15) is 0 Å². The van der Waals surface area contributed by atoms with Crippen LogP contribution >= 0.6 is 31.9 Å². The Hall–Kier alpha value is -0.950. The van der Waals surface area contributed by atoms with Crippen molar-refractivity contribution in [3.8, 4) is 0 Å². The van der Waals surface area contributed by atoms with Crippen molar-refractivity contribution in [3.05, 3.63) is 37.8 Å². The zero-order valence-electron chi connectivity index (χ0n) is 8.91. The molecular formula is C10H9Br2NO4. The van der Waals surface area contributed by atoms with Crippen molar-refractivity contribution >= 4 is 43.5 Å². The molecule has 92 valence electrons. The third-order valence-corrected chi connectivity index (χ3v) is 3.23. The van der Waals surface area contributed by atoms with Crippen molar-refractivity contribution in [2.75, 3.05) is 7.11 Å². The third-order valence-electron chi connectivity index (χ3n) is 2.17. The molecule has 0 saturated heterocycles. The summed E-state index contributed by atoms with van der Waals surface area (Å²) < 4.78 is 5.13. The Morgan fingerprint density at radius 3 is 2.65 bits per heavy atom. The smallest absolute Gasteiger partial charge is 0.310 e. The molecule has 5 nitrogen and oxygen atoms in total. The van der Waals surface area contributed by atoms with E-state index in [1.165, 1.54) is 13.2 Å². The van der Waals surface area contributed by atoms with E-state index in [9.17, 15) is 14.9 Å². The van der Waals surface area contributed by atoms with Gasteiger partial charge >= 0.3 is 5.97 Å². The number of carbonyl (C=O) groups is 1. The van der Waals surface area contributed by atoms with Gasteiger partial charge in [0.25, 0.3) is 5.69 Å². The number of methoxy groups -OCH3 is 1. The minimum atomic E-state index is -0.505. The first-order valence-electron chi connectivity index (χ1n) is 4.58. The number of nitro groups is 1. The second-order valence-electron chi connectivity index (χ2n) is 3.21. The average Bonchev–Trinajstić information content (AvgIpc) is 2.30. The Kier molecular flexibility index (Phi) is 5.07. The maximum atomic E-state index is 11.2. The van der Waals surface area contributed by atoms with Crippen LogP contribution in [0.4, 0.5) is 5.69 Å². The number of nitro benzene ring substituents is 1. The highest BCUT2D eigenvalue weighted by atomic mass is 79.9. The molecule has 7 heteroatoms. The molecule has 0 saturated carbocycles. The van der Waals surface area contributed by atoms with Gasteiger partial charge in [0.1, 0.15) is 0 Å². The van der Waals surface area contributed by atoms with Gasteiger partial charge < -0.3 is 4.74 Å². The van der Waals surface area contributed by atoms with Gasteiger partial charge in [0.05, 0.1) is 18.5 Å². The topological polar surface area (TPSA) is 69.4 Å². The van der Waals surface area contributed by atoms with Crippen LogP contribution in [0.25, 0.3) is 0 Å². The van der Waals surface area contributed by atoms with E-state index in [-0.39, 0.29) is 12.1 Å². The SMILES string of the molecule is COC(=O)Cc1c(CBr)cc(Br)cc1[N+](=O)[O-]. The Balaban J connectivity index is 3.31. The Morgan fingerprint density at radius 2 is 2.18 bits per heavy atom. The first kappa shape index (κ1) is 14.1. The molecule has 0 radical (unpaired) electrons. The number of ether oxygens (including phenoxy) is 1. The summed E-state index contributed by atoms with van der Waals surface area (Å²) in [4.78, 5) is 21.7. The number of benzene rings is 1. The monoisotopic (exact) mass is 365 g/mol. The van der Waals surface area contributed by atoms with Gasteiger partial charge in [0.2, 0.25) is 0 Å². The van der Waals surface area contributed by atoms with Gasteiger partial charge in [-0.3, -0.25) is 14.9 Å². The lowest BCUT2D eigenvalue weighted by molar-refractivity contribution is -0.385. The predicted octanol–water partition coefficient (Wildman–Crippen LogP) is 2.97. The molecule has 0 amide bonds. The van der Waals surface area contributed by atoms with Gasteiger partial charge in [-0.25, -0.2) is 0 Å². The van der Waals surface area contributed by atoms with E-state index in [4.69, 9.17) is 0 Å². The van der Waals surface area contributed by atoms with Crippen molar-refractivity contribution in [1.29, 1.82) is 0 Å². The quantitative estimate of drug-likeness (QED) is 0.355. The fourth-order valence-corrected chi connectivity index (χ4v) is 2.37. The number of carbonyl (C=O) groups excluding carboxylic acids is 1. The van der Waals surface area contributed by atoms with Gasteiger partial charge in [0, 0.05) is 21.4 Å². The number of alkyl halides is 1. The van der Waals surface area contributed by atoms with E-state index in [2.05, 4.69) is 36.6 Å². The van der Waals surface area contributed by atoms with Gasteiger partial charge in [0.15, 0.2) is 0 Å². The summed E-state index contributed by atoms with van der Waals surface area (Å²) >= 11 is 6.44. The maximum Gasteiger partial charge on any atom is 0.310 e. The highest BCUT2D eigenvalue weighted by Gasteiger charge is 2.21. The lowest BCUT2D eigenvalue weighted by atomic mass is 10.0. The Labute approximate surface area is 115 Å². The van der Waals surface area contributed by atoms with Crippen molar-refractivity contribution in [2.45, 2.75) is 11.8 Å². The minimum absolute atomic E-state index is 0.0841. The van der Waals surface area contributed by atoms with E-state index in [1.807, 2.05) is 0 Å². The van der Waals surface area contributed by atoms with Crippen LogP contribution in [-0.4, -0.2) is 18.0 Å². The van der Waals surface area contributed by atoms with Gasteiger partial charge in [-0.05, 0) is 11.6 Å². The van der Waals surface area contributed by atoms with Crippen molar-refractivity contribution in [2.24, 2.45) is 0 Å². The van der Waals surface area contributed by atoms with Crippen molar-refractivity contribution < 1.29 is 14.5 Å². The summed E-state index contributed by atoms with van der Waals surface area (Å²) in [5.41, 5.74) is 0.984. The van der Waals surface area contributed by atoms with Crippen LogP contribution < -0.4 is 0 Å². The highest BCUT2D eigenvalue weighted by Crippen LogP contribution is 2.29. The van der Waals surface area contributed by atoms with E-state index in [0.717, 1.165) is 0 Å². The molecule has 0 bridgehead atoms. The zero-order valence-corrected chi connectivity index (χ0v) is 12.1. The van der Waals surface area contributed by atoms with E-state index in [0.29, 0.717) is 20.9 Å². The van der Waals surface area contributed by atoms with Crippen LogP contribution in [0.15, 0.2) is 16.6 Å². The normalized spacial score (nSPS) is 10.1. The highest BCUT2D eigenvalue weighted by molar-refractivity contribution is 9.10. The largest absolute Gasteiger partial charge is 0.469 e. The first-order valence-corrected chi connectivity index (χ1v) is 6.49. The molecule has 1 aromatic rings. The number of rotatable bonds is 4. The fraction of sp³-hybridized carbons (Fsp3) is 0.300. The van der Waals surface area contributed by atoms with Crippen LogP contribution in [0.2, 0.25) is 0 Å². The van der Waals surface area contributed by atoms with Crippen LogP contribution in [0.3, 0.4) is 0 Å². The lowest BCUT2D eigenvalue weighted by Crippen LogP contribution is -2.09. The van der Waals surface area contributed by atoms with E-state index >= 15 is 0 Å². The molecule has 0 aliphatic carbocycles. The van der Waals surface area contributed by atoms with Crippen LogP contribution in [-0.2, 0) is 21.3 Å². The summed E-state index contributed by atoms with van der Waals surface area (Å²) in [5.74, 6) is -0.502. The minimum Gasteiger partial charge on any atom is -0.469 e. The molecule has 0 fully saturated rings. The first-order chi connectivity index (χ1) is 7.99. The summed E-state index contributed by atoms with van der Waals surface area (Å²) in [6.45, 7) is 0. The molecule has 1 rings (SSSR count). The molecule has 0 heterocycles. The molecule has 0 atom stereocenters. The van der Waals surface area contributed by atoms with Crippen LogP contribution in [0.5, 0.6) is 0 Å². The standard InChI is InChI=1S/C10H9Br2NO4/c1-17-10(14)4-8-6(5-11)2-7(12)3-9(8)13(15)16/h2-3H,4-5H2,1H3. The molecule has 1 aromatic carbocycles. The lowest BCUT2D eigenvalue weighted by Gasteiger charge is -2.08. The molecule has 0 N–H and O–H groups in total. The van der Waals surface area contributed by atoms with Crippen molar-refractivity contribution in [1.82, 2.24) is 0 Å². The number of esters is 1. The Morgan fingerprint density at radius 1 is 1.53 bits per heavy atom. The second-order valence-corrected chi connectivity index (χ2v) is 4.68. The molecule has 0 aromatic heterocycles. The maximum absolute atomic E-state index is 11.2. The van der Waals surface area contributed by atoms with Crippen LogP contribution in [0.1, 0.15) is 11.1 Å². The summed E-state index contributed by atoms with van der Waals surface area (Å²) in [6, 6.07) is 3.12. The number of hydrogen-bond acceptors (Lipinski definition) is 4. The molecule has 0 aliphatic rings. The Bertz CT molecular complexity index is 462. The molecule has 17 heavy (non-hydrogen) atoms. The van der Waals surface area contributed by atoms with E-state index in [1.54, 1.807) is 6.07 Å². The van der Waals surface area contributed by atoms with Gasteiger partial charge in [-0.15, -0.1) is 0 Å². The van der Waals surface area contributed by atoms with E-state index < -0.39 is 10.9 Å². The number of hydrogen-bond donors (Lipinski definition) is 0. The fourth-order valence-electron chi connectivity index (χ4n) is 1.38. The predicted molar refractivity (Wildman–Crippen MR) is 69.1 cm³/mol. The third kappa shape index (κ3) is 3.50. The number of nitrogens with zero attached hydrogens (tertiary/aromatic N) is 1. The van der Waals surface area contributed by atoms with Crippen LogP contribution in [0, 0.1) is 10.1 Å². The summed E-state index contributed by atoms with van der Waals surface area (Å²) in [6.07, 6.45) is -0.110. The molecule has 0 spiro atoms. The summed E-state index contributed by atoms with van der Waals surface area (Å²) in [7, 11) is 1.25. The second kappa shape index (κ2) is 6.11. The average molecular weight is 367 g/mol. The molecule has 0 unspecified atom stereocenters. The number of halogens is 2. The van der Waals surface area contributed by atoms with Crippen molar-refractivity contribution in [3.63, 3.8) is 0 Å². The summed E-state index contributed by atoms with van der Waals surface area (Å²) in [5, 5.41) is 11.4. The van der Waals surface area contributed by atoms with Gasteiger partial charge in [-0.1, -0.05) is 31.9 Å². The zero-order chi connectivity index (χ0) is 13.0.